The molecule has 0 atom stereocenters. The Morgan fingerprint density at radius 1 is 0.968 bits per heavy atom. The number of hydrogen-bond acceptors (Lipinski definition) is 5. The van der Waals surface area contributed by atoms with Crippen LogP contribution >= 0.6 is 11.8 Å². The number of amides is 2. The number of carbonyl (C=O) groups excluding carboxylic acids is 2. The molecule has 0 fully saturated rings. The third-order valence-electron chi connectivity index (χ3n) is 5.24. The molecule has 4 rings (SSSR count). The van der Waals surface area contributed by atoms with Crippen molar-refractivity contribution in [2.45, 2.75) is 37.9 Å². The van der Waals surface area contributed by atoms with Gasteiger partial charge in [-0.15, -0.1) is 16.8 Å². The van der Waals surface area contributed by atoms with Crippen LogP contribution in [0.5, 0.6) is 0 Å². The number of benzene rings is 2. The first-order valence-corrected chi connectivity index (χ1v) is 11.0. The second kappa shape index (κ2) is 8.15. The van der Waals surface area contributed by atoms with Crippen molar-refractivity contribution in [2.75, 3.05) is 5.88 Å². The molecule has 3 aromatic rings. The predicted molar refractivity (Wildman–Crippen MR) is 122 cm³/mol. The molecule has 7 heteroatoms. The molecule has 0 N–H and O–H groups in total. The molecule has 1 aliphatic rings. The number of rotatable bonds is 6. The minimum atomic E-state index is -0.277. The summed E-state index contributed by atoms with van der Waals surface area (Å²) in [7, 11) is 0. The summed E-state index contributed by atoms with van der Waals surface area (Å²) in [6.07, 6.45) is 1.78. The van der Waals surface area contributed by atoms with Crippen LogP contribution in [-0.2, 0) is 12.0 Å². The summed E-state index contributed by atoms with van der Waals surface area (Å²) in [5, 5.41) is 9.33. The standard InChI is InChI=1S/C24H24N4O2S/c1-5-14-27-20(16-10-12-17(13-11-16)24(2,3)4)25-26-23(27)31-15-28-21(29)18-8-6-7-9-19(18)22(28)30/h5-13H,1,14-15H2,2-4H3. The maximum Gasteiger partial charge on any atom is 0.262 e. The van der Waals surface area contributed by atoms with Crippen molar-refractivity contribution in [1.82, 2.24) is 19.7 Å². The van der Waals surface area contributed by atoms with Gasteiger partial charge in [0.1, 0.15) is 0 Å². The number of aromatic nitrogens is 3. The van der Waals surface area contributed by atoms with Gasteiger partial charge in [-0.25, -0.2) is 0 Å². The maximum absolute atomic E-state index is 12.6. The van der Waals surface area contributed by atoms with Gasteiger partial charge in [-0.05, 0) is 23.1 Å². The van der Waals surface area contributed by atoms with Gasteiger partial charge in [0, 0.05) is 12.1 Å². The molecule has 1 aromatic heterocycles. The molecule has 2 heterocycles. The Kier molecular flexibility index (Phi) is 5.54. The van der Waals surface area contributed by atoms with E-state index in [0.717, 1.165) is 11.4 Å². The number of fused-ring (bicyclic) bond motifs is 1. The van der Waals surface area contributed by atoms with Crippen LogP contribution < -0.4 is 0 Å². The van der Waals surface area contributed by atoms with E-state index in [1.807, 2.05) is 16.7 Å². The number of imide groups is 1. The molecule has 0 saturated carbocycles. The van der Waals surface area contributed by atoms with E-state index in [2.05, 4.69) is 49.7 Å². The fourth-order valence-corrected chi connectivity index (χ4v) is 4.40. The lowest BCUT2D eigenvalue weighted by atomic mass is 9.87. The highest BCUT2D eigenvalue weighted by molar-refractivity contribution is 7.99. The van der Waals surface area contributed by atoms with E-state index >= 15 is 0 Å². The molecule has 1 aliphatic heterocycles. The minimum Gasteiger partial charge on any atom is -0.298 e. The predicted octanol–water partition coefficient (Wildman–Crippen LogP) is 4.77. The van der Waals surface area contributed by atoms with Crippen molar-refractivity contribution in [2.24, 2.45) is 0 Å². The first-order valence-electron chi connectivity index (χ1n) is 10.0. The Morgan fingerprint density at radius 3 is 2.13 bits per heavy atom. The number of hydrogen-bond donors (Lipinski definition) is 0. The maximum atomic E-state index is 12.6. The topological polar surface area (TPSA) is 68.1 Å². The van der Waals surface area contributed by atoms with Crippen LogP contribution in [0.1, 0.15) is 47.1 Å². The Bertz CT molecular complexity index is 1120. The van der Waals surface area contributed by atoms with Crippen molar-refractivity contribution in [3.05, 3.63) is 77.9 Å². The van der Waals surface area contributed by atoms with E-state index in [0.29, 0.717) is 22.8 Å². The molecule has 31 heavy (non-hydrogen) atoms. The van der Waals surface area contributed by atoms with Gasteiger partial charge in [0.2, 0.25) is 0 Å². The third kappa shape index (κ3) is 3.93. The van der Waals surface area contributed by atoms with Crippen molar-refractivity contribution in [1.29, 1.82) is 0 Å². The van der Waals surface area contributed by atoms with E-state index in [4.69, 9.17) is 0 Å². The summed E-state index contributed by atoms with van der Waals surface area (Å²) in [6, 6.07) is 15.2. The van der Waals surface area contributed by atoms with Crippen LogP contribution in [0.15, 0.2) is 66.3 Å². The molecular weight excluding hydrogens is 408 g/mol. The summed E-state index contributed by atoms with van der Waals surface area (Å²) in [5.74, 6) is 0.344. The highest BCUT2D eigenvalue weighted by Crippen LogP contribution is 2.30. The second-order valence-corrected chi connectivity index (χ2v) is 9.30. The summed E-state index contributed by atoms with van der Waals surface area (Å²) in [6.45, 7) is 10.9. The van der Waals surface area contributed by atoms with Crippen molar-refractivity contribution < 1.29 is 9.59 Å². The molecule has 0 aliphatic carbocycles. The fourth-order valence-electron chi connectivity index (χ4n) is 3.50. The minimum absolute atomic E-state index is 0.0702. The van der Waals surface area contributed by atoms with E-state index in [-0.39, 0.29) is 23.1 Å². The van der Waals surface area contributed by atoms with Gasteiger partial charge in [0.25, 0.3) is 11.8 Å². The van der Waals surface area contributed by atoms with E-state index in [1.165, 1.54) is 22.2 Å². The zero-order valence-corrected chi connectivity index (χ0v) is 18.6. The van der Waals surface area contributed by atoms with Crippen LogP contribution in [0.2, 0.25) is 0 Å². The van der Waals surface area contributed by atoms with Gasteiger partial charge < -0.3 is 0 Å². The lowest BCUT2D eigenvalue weighted by molar-refractivity contribution is 0.0684. The van der Waals surface area contributed by atoms with Crippen LogP contribution in [0.25, 0.3) is 11.4 Å². The molecule has 6 nitrogen and oxygen atoms in total. The zero-order valence-electron chi connectivity index (χ0n) is 17.8. The van der Waals surface area contributed by atoms with Gasteiger partial charge >= 0.3 is 0 Å². The lowest BCUT2D eigenvalue weighted by Crippen LogP contribution is -2.29. The highest BCUT2D eigenvalue weighted by atomic mass is 32.2. The van der Waals surface area contributed by atoms with Crippen molar-refractivity contribution in [3.63, 3.8) is 0 Å². The van der Waals surface area contributed by atoms with E-state index in [1.54, 1.807) is 30.3 Å². The molecule has 0 radical (unpaired) electrons. The van der Waals surface area contributed by atoms with Crippen LogP contribution in [0.4, 0.5) is 0 Å². The quantitative estimate of drug-likeness (QED) is 0.319. The number of nitrogens with zero attached hydrogens (tertiary/aromatic N) is 4. The Hall–Kier alpha value is -3.19. The molecule has 158 valence electrons. The summed E-state index contributed by atoms with van der Waals surface area (Å²) in [4.78, 5) is 26.5. The molecule has 2 amide bonds. The molecule has 2 aromatic carbocycles. The highest BCUT2D eigenvalue weighted by Gasteiger charge is 2.35. The Morgan fingerprint density at radius 2 is 1.58 bits per heavy atom. The lowest BCUT2D eigenvalue weighted by Gasteiger charge is -2.19. The smallest absolute Gasteiger partial charge is 0.262 e. The van der Waals surface area contributed by atoms with Crippen molar-refractivity contribution >= 4 is 23.6 Å². The molecule has 0 saturated heterocycles. The fraction of sp³-hybridized carbons (Fsp3) is 0.250. The van der Waals surface area contributed by atoms with Gasteiger partial charge in [0.05, 0.1) is 17.0 Å². The average Bonchev–Trinajstić information content (AvgIpc) is 3.26. The average molecular weight is 433 g/mol. The third-order valence-corrected chi connectivity index (χ3v) is 6.19. The van der Waals surface area contributed by atoms with Crippen LogP contribution in [0.3, 0.4) is 0 Å². The SMILES string of the molecule is C=CCn1c(SCN2C(=O)c3ccccc3C2=O)nnc1-c1ccc(C(C)(C)C)cc1. The van der Waals surface area contributed by atoms with Gasteiger partial charge in [-0.3, -0.25) is 19.1 Å². The number of allylic oxidation sites excluding steroid dienone is 1. The van der Waals surface area contributed by atoms with E-state index in [9.17, 15) is 9.59 Å². The molecular formula is C24H24N4O2S. The largest absolute Gasteiger partial charge is 0.298 e. The normalized spacial score (nSPS) is 13.6. The van der Waals surface area contributed by atoms with Crippen molar-refractivity contribution in [3.8, 4) is 11.4 Å². The molecule has 0 bridgehead atoms. The molecule has 0 spiro atoms. The first-order chi connectivity index (χ1) is 14.8. The molecule has 0 unspecified atom stereocenters. The first kappa shape index (κ1) is 21.1. The number of carbonyl (C=O) groups is 2. The van der Waals surface area contributed by atoms with E-state index < -0.39 is 0 Å². The van der Waals surface area contributed by atoms with Gasteiger partial charge in [0.15, 0.2) is 11.0 Å². The van der Waals surface area contributed by atoms with Crippen LogP contribution in [0, 0.1) is 0 Å². The Labute approximate surface area is 186 Å². The summed E-state index contributed by atoms with van der Waals surface area (Å²) >= 11 is 1.31. The summed E-state index contributed by atoms with van der Waals surface area (Å²) < 4.78 is 1.95. The van der Waals surface area contributed by atoms with Gasteiger partial charge in [-0.2, -0.15) is 0 Å². The van der Waals surface area contributed by atoms with Gasteiger partial charge in [-0.1, -0.05) is 75.0 Å². The van der Waals surface area contributed by atoms with Crippen LogP contribution in [-0.4, -0.2) is 37.4 Å². The second-order valence-electron chi connectivity index (χ2n) is 8.39. The summed E-state index contributed by atoms with van der Waals surface area (Å²) in [5.41, 5.74) is 3.16. The number of thioether (sulfide) groups is 1. The zero-order chi connectivity index (χ0) is 22.2. The monoisotopic (exact) mass is 432 g/mol. The Balaban J connectivity index is 1.57.